The van der Waals surface area contributed by atoms with Crippen LogP contribution in [-0.2, 0) is 14.8 Å². The molecule has 7 heteroatoms. The third-order valence-electron chi connectivity index (χ3n) is 4.62. The molecule has 0 spiro atoms. The highest BCUT2D eigenvalue weighted by Gasteiger charge is 2.24. The summed E-state index contributed by atoms with van der Waals surface area (Å²) in [6.07, 6.45) is 2.92. The molecule has 1 amide bonds. The first-order valence-corrected chi connectivity index (χ1v) is 10.6. The standard InChI is InChI=1S/C18H29N3O3S/c1-14(2)15-5-7-17(8-6-15)21(25(4,23)24)13-18(22)19-16-9-11-20(3)12-10-16/h5-8,14,16H,9-13H2,1-4H3,(H,19,22). The maximum absolute atomic E-state index is 12.4. The lowest BCUT2D eigenvalue weighted by Gasteiger charge is -2.30. The second-order valence-corrected chi connectivity index (χ2v) is 9.07. The number of likely N-dealkylation sites (tertiary alicyclic amines) is 1. The molecule has 1 aliphatic heterocycles. The van der Waals surface area contributed by atoms with E-state index in [0.29, 0.717) is 11.6 Å². The minimum Gasteiger partial charge on any atom is -0.352 e. The molecule has 0 bridgehead atoms. The summed E-state index contributed by atoms with van der Waals surface area (Å²) in [7, 11) is -1.47. The number of piperidine rings is 1. The van der Waals surface area contributed by atoms with Crippen LogP contribution in [0.5, 0.6) is 0 Å². The Kier molecular flexibility index (Phi) is 6.46. The Morgan fingerprint density at radius 3 is 2.28 bits per heavy atom. The molecule has 1 N–H and O–H groups in total. The third kappa shape index (κ3) is 5.71. The van der Waals surface area contributed by atoms with Gasteiger partial charge < -0.3 is 10.2 Å². The predicted octanol–water partition coefficient (Wildman–Crippen LogP) is 1.79. The SMILES string of the molecule is CC(C)c1ccc(N(CC(=O)NC2CCN(C)CC2)S(C)(=O)=O)cc1. The van der Waals surface area contributed by atoms with Crippen molar-refractivity contribution in [2.45, 2.75) is 38.6 Å². The summed E-state index contributed by atoms with van der Waals surface area (Å²) in [5.41, 5.74) is 1.65. The molecular weight excluding hydrogens is 338 g/mol. The van der Waals surface area contributed by atoms with E-state index in [2.05, 4.69) is 31.1 Å². The molecule has 0 aromatic heterocycles. The van der Waals surface area contributed by atoms with E-state index >= 15 is 0 Å². The molecule has 1 saturated heterocycles. The van der Waals surface area contributed by atoms with Crippen molar-refractivity contribution in [3.05, 3.63) is 29.8 Å². The Bertz CT molecular complexity index is 678. The van der Waals surface area contributed by atoms with E-state index in [1.165, 1.54) is 4.31 Å². The molecule has 0 atom stereocenters. The number of rotatable bonds is 6. The van der Waals surface area contributed by atoms with Gasteiger partial charge in [0.25, 0.3) is 0 Å². The van der Waals surface area contributed by atoms with Crippen LogP contribution in [0.1, 0.15) is 38.2 Å². The second-order valence-electron chi connectivity index (χ2n) is 7.16. The minimum absolute atomic E-state index is 0.119. The highest BCUT2D eigenvalue weighted by Crippen LogP contribution is 2.22. The van der Waals surface area contributed by atoms with Crippen molar-refractivity contribution in [2.75, 3.05) is 37.2 Å². The number of hydrogen-bond donors (Lipinski definition) is 1. The van der Waals surface area contributed by atoms with E-state index in [9.17, 15) is 13.2 Å². The summed E-state index contributed by atoms with van der Waals surface area (Å²) in [5, 5.41) is 2.97. The van der Waals surface area contributed by atoms with Crippen molar-refractivity contribution in [3.63, 3.8) is 0 Å². The summed E-state index contributed by atoms with van der Waals surface area (Å²) in [6.45, 7) is 5.86. The third-order valence-corrected chi connectivity index (χ3v) is 5.76. The Morgan fingerprint density at radius 2 is 1.80 bits per heavy atom. The van der Waals surface area contributed by atoms with Crippen molar-refractivity contribution in [1.29, 1.82) is 0 Å². The quantitative estimate of drug-likeness (QED) is 0.832. The Balaban J connectivity index is 2.06. The molecule has 1 fully saturated rings. The predicted molar refractivity (Wildman–Crippen MR) is 101 cm³/mol. The van der Waals surface area contributed by atoms with E-state index in [0.717, 1.165) is 37.8 Å². The van der Waals surface area contributed by atoms with Gasteiger partial charge in [-0.25, -0.2) is 8.42 Å². The first-order chi connectivity index (χ1) is 11.7. The van der Waals surface area contributed by atoms with Crippen LogP contribution < -0.4 is 9.62 Å². The van der Waals surface area contributed by atoms with Crippen molar-refractivity contribution < 1.29 is 13.2 Å². The topological polar surface area (TPSA) is 69.7 Å². The largest absolute Gasteiger partial charge is 0.352 e. The van der Waals surface area contributed by atoms with E-state index in [-0.39, 0.29) is 18.5 Å². The lowest BCUT2D eigenvalue weighted by molar-refractivity contribution is -0.120. The second kappa shape index (κ2) is 8.19. The highest BCUT2D eigenvalue weighted by atomic mass is 32.2. The zero-order valence-electron chi connectivity index (χ0n) is 15.5. The molecule has 0 aliphatic carbocycles. The smallest absolute Gasteiger partial charge is 0.240 e. The molecule has 0 unspecified atom stereocenters. The van der Waals surface area contributed by atoms with Crippen LogP contribution in [0.4, 0.5) is 5.69 Å². The average Bonchev–Trinajstić information content (AvgIpc) is 2.54. The average molecular weight is 368 g/mol. The Labute approximate surface area is 151 Å². The van der Waals surface area contributed by atoms with Crippen LogP contribution >= 0.6 is 0 Å². The number of amides is 1. The van der Waals surface area contributed by atoms with Crippen LogP contribution in [0.25, 0.3) is 0 Å². The Hall–Kier alpha value is -1.60. The lowest BCUT2D eigenvalue weighted by Crippen LogP contribution is -2.47. The summed E-state index contributed by atoms with van der Waals surface area (Å²) in [4.78, 5) is 14.6. The number of anilines is 1. The fraction of sp³-hybridized carbons (Fsp3) is 0.611. The molecule has 2 rings (SSSR count). The molecule has 1 aromatic rings. The molecule has 1 aromatic carbocycles. The molecule has 25 heavy (non-hydrogen) atoms. The maximum Gasteiger partial charge on any atom is 0.240 e. The zero-order valence-corrected chi connectivity index (χ0v) is 16.3. The van der Waals surface area contributed by atoms with Crippen molar-refractivity contribution in [2.24, 2.45) is 0 Å². The zero-order chi connectivity index (χ0) is 18.6. The minimum atomic E-state index is -3.53. The number of carbonyl (C=O) groups is 1. The summed E-state index contributed by atoms with van der Waals surface area (Å²) in [5.74, 6) is 0.112. The molecule has 6 nitrogen and oxygen atoms in total. The van der Waals surface area contributed by atoms with Gasteiger partial charge in [-0.1, -0.05) is 26.0 Å². The molecule has 1 heterocycles. The summed E-state index contributed by atoms with van der Waals surface area (Å²) >= 11 is 0. The van der Waals surface area contributed by atoms with Gasteiger partial charge in [0.05, 0.1) is 11.9 Å². The summed E-state index contributed by atoms with van der Waals surface area (Å²) in [6, 6.07) is 7.46. The monoisotopic (exact) mass is 367 g/mol. The van der Waals surface area contributed by atoms with Gasteiger partial charge in [0, 0.05) is 6.04 Å². The molecule has 0 saturated carbocycles. The van der Waals surface area contributed by atoms with Gasteiger partial charge in [-0.05, 0) is 56.6 Å². The Morgan fingerprint density at radius 1 is 1.24 bits per heavy atom. The van der Waals surface area contributed by atoms with Gasteiger partial charge in [-0.3, -0.25) is 9.10 Å². The van der Waals surface area contributed by atoms with E-state index in [1.807, 2.05) is 12.1 Å². The highest BCUT2D eigenvalue weighted by molar-refractivity contribution is 7.92. The van der Waals surface area contributed by atoms with Crippen molar-refractivity contribution >= 4 is 21.6 Å². The van der Waals surface area contributed by atoms with Crippen LogP contribution in [-0.4, -0.2) is 58.2 Å². The summed E-state index contributed by atoms with van der Waals surface area (Å²) < 4.78 is 25.5. The van der Waals surface area contributed by atoms with Crippen LogP contribution in [0, 0.1) is 0 Å². The number of benzene rings is 1. The van der Waals surface area contributed by atoms with Gasteiger partial charge >= 0.3 is 0 Å². The number of sulfonamides is 1. The number of nitrogens with one attached hydrogen (secondary N) is 1. The van der Waals surface area contributed by atoms with Crippen LogP contribution in [0.2, 0.25) is 0 Å². The molecule has 1 aliphatic rings. The normalized spacial score (nSPS) is 16.8. The van der Waals surface area contributed by atoms with Crippen molar-refractivity contribution in [1.82, 2.24) is 10.2 Å². The van der Waals surface area contributed by atoms with Crippen LogP contribution in [0.15, 0.2) is 24.3 Å². The fourth-order valence-corrected chi connectivity index (χ4v) is 3.84. The van der Waals surface area contributed by atoms with E-state index < -0.39 is 10.0 Å². The van der Waals surface area contributed by atoms with Gasteiger partial charge in [0.2, 0.25) is 15.9 Å². The first kappa shape index (κ1) is 19.7. The first-order valence-electron chi connectivity index (χ1n) is 8.72. The number of nitrogens with zero attached hydrogens (tertiary/aromatic N) is 2. The maximum atomic E-state index is 12.4. The van der Waals surface area contributed by atoms with Gasteiger partial charge in [0.1, 0.15) is 6.54 Å². The molecule has 0 radical (unpaired) electrons. The number of carbonyl (C=O) groups excluding carboxylic acids is 1. The lowest BCUT2D eigenvalue weighted by atomic mass is 10.0. The van der Waals surface area contributed by atoms with Gasteiger partial charge in [-0.2, -0.15) is 0 Å². The van der Waals surface area contributed by atoms with Crippen LogP contribution in [0.3, 0.4) is 0 Å². The molecule has 140 valence electrons. The van der Waals surface area contributed by atoms with Gasteiger partial charge in [0.15, 0.2) is 0 Å². The van der Waals surface area contributed by atoms with E-state index in [4.69, 9.17) is 0 Å². The molecular formula is C18H29N3O3S. The van der Waals surface area contributed by atoms with Gasteiger partial charge in [-0.15, -0.1) is 0 Å². The fourth-order valence-electron chi connectivity index (χ4n) is 2.98. The number of hydrogen-bond acceptors (Lipinski definition) is 4. The van der Waals surface area contributed by atoms with E-state index in [1.54, 1.807) is 12.1 Å². The van der Waals surface area contributed by atoms with Crippen molar-refractivity contribution in [3.8, 4) is 0 Å².